The van der Waals surface area contributed by atoms with Crippen molar-refractivity contribution >= 4 is 43.6 Å². The van der Waals surface area contributed by atoms with Gasteiger partial charge in [-0.2, -0.15) is 0 Å². The number of ether oxygens (including phenoxy) is 2. The quantitative estimate of drug-likeness (QED) is 0.112. The molecule has 6 heteroatoms. The number of aromatic amines is 4. The number of nitrogens with one attached hydrogen (secondary N) is 4. The van der Waals surface area contributed by atoms with Crippen LogP contribution in [0.5, 0.6) is 11.5 Å². The van der Waals surface area contributed by atoms with Crippen LogP contribution in [0.4, 0.5) is 0 Å². The van der Waals surface area contributed by atoms with Gasteiger partial charge in [-0.25, -0.2) is 0 Å². The molecule has 0 fully saturated rings. The molecule has 292 valence electrons. The number of aromatic nitrogens is 4. The Morgan fingerprint density at radius 1 is 0.390 bits per heavy atom. The van der Waals surface area contributed by atoms with Gasteiger partial charge in [-0.3, -0.25) is 0 Å². The normalized spacial score (nSPS) is 11.9. The molecule has 6 aromatic carbocycles. The molecule has 0 aliphatic carbocycles. The summed E-state index contributed by atoms with van der Waals surface area (Å²) >= 11 is 0. The average Bonchev–Trinajstić information content (AvgIpc) is 3.97. The predicted molar refractivity (Wildman–Crippen MR) is 243 cm³/mol. The Balaban J connectivity index is 1.15. The van der Waals surface area contributed by atoms with Crippen LogP contribution in [0.15, 0.2) is 133 Å². The fourth-order valence-electron chi connectivity index (χ4n) is 10.1. The SMILES string of the molecule is COc1ccc(Cc2ccc(OC)c(C(c3c(C)[nH]c4ccccc34)c3c(C)[nH]c4ccccc34)c2)cc1C(c1c(C)[nH]c2ccccc12)c1c(C)[nH]c2ccccc12. The van der Waals surface area contributed by atoms with Gasteiger partial charge in [-0.15, -0.1) is 0 Å². The van der Waals surface area contributed by atoms with Gasteiger partial charge in [0, 0.05) is 89.4 Å². The first-order valence-electron chi connectivity index (χ1n) is 20.4. The molecule has 4 heterocycles. The standard InChI is InChI=1S/C53H48N4O2/c1-30-48(36-15-7-11-19-42(36)54-30)52(49-31(2)55-43-20-12-8-16-37(43)49)40-28-34(23-25-46(40)58-5)27-35-24-26-47(59-6)41(29-35)53(50-32(3)56-44-21-13-9-17-38(44)50)51-33(4)57-45-22-14-10-18-39(45)51/h7-26,28-29,52-57H,27H2,1-6H3. The van der Waals surface area contributed by atoms with E-state index in [4.69, 9.17) is 9.47 Å². The molecule has 0 aliphatic rings. The lowest BCUT2D eigenvalue weighted by Gasteiger charge is -2.24. The number of para-hydroxylation sites is 4. The van der Waals surface area contributed by atoms with E-state index in [1.807, 2.05) is 0 Å². The fraction of sp³-hybridized carbons (Fsp3) is 0.170. The van der Waals surface area contributed by atoms with E-state index in [1.165, 1.54) is 54.9 Å². The van der Waals surface area contributed by atoms with Gasteiger partial charge >= 0.3 is 0 Å². The van der Waals surface area contributed by atoms with Gasteiger partial charge in [-0.05, 0) is 104 Å². The zero-order valence-electron chi connectivity index (χ0n) is 34.4. The summed E-state index contributed by atoms with van der Waals surface area (Å²) in [5.41, 5.74) is 18.9. The number of benzene rings is 6. The molecule has 0 radical (unpaired) electrons. The highest BCUT2D eigenvalue weighted by Gasteiger charge is 2.32. The molecule has 10 rings (SSSR count). The van der Waals surface area contributed by atoms with Crippen LogP contribution in [0.25, 0.3) is 43.6 Å². The second-order valence-electron chi connectivity index (χ2n) is 16.0. The Labute approximate surface area is 344 Å². The molecule has 0 spiro atoms. The van der Waals surface area contributed by atoms with E-state index in [-0.39, 0.29) is 11.8 Å². The van der Waals surface area contributed by atoms with Crippen molar-refractivity contribution in [1.29, 1.82) is 0 Å². The molecule has 0 aliphatic heterocycles. The summed E-state index contributed by atoms with van der Waals surface area (Å²) in [4.78, 5) is 14.8. The fourth-order valence-corrected chi connectivity index (χ4v) is 10.1. The van der Waals surface area contributed by atoms with Crippen LogP contribution < -0.4 is 9.47 Å². The van der Waals surface area contributed by atoms with Crippen LogP contribution in [0.1, 0.15) is 79.1 Å². The summed E-state index contributed by atoms with van der Waals surface area (Å²) < 4.78 is 12.5. The Kier molecular flexibility index (Phi) is 8.94. The van der Waals surface area contributed by atoms with Crippen molar-refractivity contribution in [3.05, 3.63) is 201 Å². The molecule has 0 amide bonds. The molecule has 4 N–H and O–H groups in total. The molecule has 10 aromatic rings. The number of fused-ring (bicyclic) bond motifs is 4. The Morgan fingerprint density at radius 2 is 0.678 bits per heavy atom. The molecule has 6 nitrogen and oxygen atoms in total. The first-order valence-corrected chi connectivity index (χ1v) is 20.4. The van der Waals surface area contributed by atoms with Crippen LogP contribution in [0.2, 0.25) is 0 Å². The van der Waals surface area contributed by atoms with E-state index >= 15 is 0 Å². The van der Waals surface area contributed by atoms with Gasteiger partial charge in [0.2, 0.25) is 0 Å². The third kappa shape index (κ3) is 6.01. The van der Waals surface area contributed by atoms with Crippen LogP contribution in [0.3, 0.4) is 0 Å². The number of hydrogen-bond donors (Lipinski definition) is 4. The summed E-state index contributed by atoms with van der Waals surface area (Å²) in [5.74, 6) is 1.55. The topological polar surface area (TPSA) is 81.6 Å². The summed E-state index contributed by atoms with van der Waals surface area (Å²) in [7, 11) is 3.57. The summed E-state index contributed by atoms with van der Waals surface area (Å²) in [6.07, 6.45) is 0.729. The first kappa shape index (κ1) is 36.4. The smallest absolute Gasteiger partial charge is 0.123 e. The summed E-state index contributed by atoms with van der Waals surface area (Å²) in [6.45, 7) is 8.79. The summed E-state index contributed by atoms with van der Waals surface area (Å²) in [6, 6.07) is 48.1. The average molecular weight is 773 g/mol. The minimum absolute atomic E-state index is 0.0947. The molecular formula is C53H48N4O2. The van der Waals surface area contributed by atoms with Crippen LogP contribution in [0, 0.1) is 27.7 Å². The second kappa shape index (κ2) is 14.5. The maximum Gasteiger partial charge on any atom is 0.123 e. The highest BCUT2D eigenvalue weighted by molar-refractivity contribution is 5.93. The van der Waals surface area contributed by atoms with Crippen molar-refractivity contribution in [3.8, 4) is 11.5 Å². The van der Waals surface area contributed by atoms with Crippen molar-refractivity contribution in [3.63, 3.8) is 0 Å². The third-order valence-electron chi connectivity index (χ3n) is 12.5. The molecule has 0 bridgehead atoms. The highest BCUT2D eigenvalue weighted by atomic mass is 16.5. The second-order valence-corrected chi connectivity index (χ2v) is 16.0. The van der Waals surface area contributed by atoms with E-state index in [0.29, 0.717) is 0 Å². The lowest BCUT2D eigenvalue weighted by Crippen LogP contribution is -2.09. The van der Waals surface area contributed by atoms with E-state index in [9.17, 15) is 0 Å². The number of aryl methyl sites for hydroxylation is 4. The van der Waals surface area contributed by atoms with Crippen molar-refractivity contribution in [2.45, 2.75) is 46.0 Å². The highest BCUT2D eigenvalue weighted by Crippen LogP contribution is 2.48. The third-order valence-corrected chi connectivity index (χ3v) is 12.5. The van der Waals surface area contributed by atoms with E-state index in [0.717, 1.165) is 73.9 Å². The van der Waals surface area contributed by atoms with E-state index < -0.39 is 0 Å². The van der Waals surface area contributed by atoms with Crippen molar-refractivity contribution < 1.29 is 9.47 Å². The lowest BCUT2D eigenvalue weighted by molar-refractivity contribution is 0.409. The van der Waals surface area contributed by atoms with Gasteiger partial charge in [0.25, 0.3) is 0 Å². The minimum Gasteiger partial charge on any atom is -0.496 e. The van der Waals surface area contributed by atoms with Gasteiger partial charge in [0.1, 0.15) is 11.5 Å². The van der Waals surface area contributed by atoms with Crippen molar-refractivity contribution in [2.24, 2.45) is 0 Å². The first-order chi connectivity index (χ1) is 28.8. The largest absolute Gasteiger partial charge is 0.496 e. The molecular weight excluding hydrogens is 725 g/mol. The Bertz CT molecular complexity index is 2820. The maximum absolute atomic E-state index is 6.24. The predicted octanol–water partition coefficient (Wildman–Crippen LogP) is 12.8. The van der Waals surface area contributed by atoms with Crippen molar-refractivity contribution in [2.75, 3.05) is 14.2 Å². The van der Waals surface area contributed by atoms with E-state index in [2.05, 4.69) is 181 Å². The van der Waals surface area contributed by atoms with Gasteiger partial charge in [0.15, 0.2) is 0 Å². The Morgan fingerprint density at radius 3 is 0.966 bits per heavy atom. The molecule has 0 atom stereocenters. The number of rotatable bonds is 10. The van der Waals surface area contributed by atoms with Gasteiger partial charge in [0.05, 0.1) is 14.2 Å². The van der Waals surface area contributed by atoms with E-state index in [1.54, 1.807) is 14.2 Å². The maximum atomic E-state index is 6.24. The van der Waals surface area contributed by atoms with Crippen molar-refractivity contribution in [1.82, 2.24) is 19.9 Å². The van der Waals surface area contributed by atoms with Gasteiger partial charge < -0.3 is 29.4 Å². The molecule has 4 aromatic heterocycles. The number of methoxy groups -OCH3 is 2. The zero-order valence-corrected chi connectivity index (χ0v) is 34.4. The molecule has 0 unspecified atom stereocenters. The molecule has 0 saturated carbocycles. The number of hydrogen-bond acceptors (Lipinski definition) is 2. The zero-order chi connectivity index (χ0) is 40.4. The summed E-state index contributed by atoms with van der Waals surface area (Å²) in [5, 5.41) is 4.88. The molecule has 59 heavy (non-hydrogen) atoms. The monoisotopic (exact) mass is 772 g/mol. The van der Waals surface area contributed by atoms with Crippen LogP contribution >= 0.6 is 0 Å². The lowest BCUT2D eigenvalue weighted by atomic mass is 9.80. The number of H-pyrrole nitrogens is 4. The minimum atomic E-state index is -0.0947. The molecule has 0 saturated heterocycles. The van der Waals surface area contributed by atoms with Gasteiger partial charge in [-0.1, -0.05) is 97.1 Å². The van der Waals surface area contributed by atoms with Crippen LogP contribution in [-0.4, -0.2) is 34.2 Å². The Hall–Kier alpha value is -6.92. The van der Waals surface area contributed by atoms with Crippen LogP contribution in [-0.2, 0) is 6.42 Å².